The van der Waals surface area contributed by atoms with Gasteiger partial charge in [0.1, 0.15) is 5.78 Å². The molecule has 216 valence electrons. The van der Waals surface area contributed by atoms with Crippen molar-refractivity contribution in [3.05, 3.63) is 0 Å². The molecule has 1 N–H and O–H groups in total. The first-order chi connectivity index (χ1) is 17.6. The van der Waals surface area contributed by atoms with Crippen molar-refractivity contribution < 1.29 is 9.90 Å². The number of carbonyl (C=O) groups is 1. The predicted octanol–water partition coefficient (Wildman–Crippen LogP) is 11.5. The first-order valence-electron chi connectivity index (χ1n) is 16.8. The van der Waals surface area contributed by atoms with Crippen LogP contribution in [0, 0.1) is 5.92 Å². The molecular weight excluding hydrogens is 440 g/mol. The zero-order chi connectivity index (χ0) is 26.5. The van der Waals surface area contributed by atoms with Crippen LogP contribution in [0.15, 0.2) is 0 Å². The highest BCUT2D eigenvalue weighted by Gasteiger charge is 2.11. The topological polar surface area (TPSA) is 37.3 Å². The van der Waals surface area contributed by atoms with Crippen molar-refractivity contribution in [3.8, 4) is 0 Å². The summed E-state index contributed by atoms with van der Waals surface area (Å²) in [5, 5.41) is 9.96. The molecule has 0 aromatic heterocycles. The van der Waals surface area contributed by atoms with Crippen LogP contribution >= 0.6 is 0 Å². The molecule has 0 aromatic rings. The summed E-state index contributed by atoms with van der Waals surface area (Å²) in [6, 6.07) is 0. The molecule has 36 heavy (non-hydrogen) atoms. The van der Waals surface area contributed by atoms with Crippen LogP contribution in [-0.4, -0.2) is 17.0 Å². The van der Waals surface area contributed by atoms with Gasteiger partial charge in [0.25, 0.3) is 0 Å². The Hall–Kier alpha value is -0.370. The lowest BCUT2D eigenvalue weighted by Gasteiger charge is -2.09. The average Bonchev–Trinajstić information content (AvgIpc) is 2.88. The quantitative estimate of drug-likeness (QED) is 0.0979. The minimum absolute atomic E-state index is 0.0416. The lowest BCUT2D eigenvalue weighted by Crippen LogP contribution is -2.10. The van der Waals surface area contributed by atoms with E-state index < -0.39 is 0 Å². The van der Waals surface area contributed by atoms with Crippen molar-refractivity contribution in [2.24, 2.45) is 5.92 Å². The Kier molecular flexibility index (Phi) is 28.9. The lowest BCUT2D eigenvalue weighted by atomic mass is 9.95. The van der Waals surface area contributed by atoms with Gasteiger partial charge >= 0.3 is 0 Å². The number of hydrogen-bond acceptors (Lipinski definition) is 2. The van der Waals surface area contributed by atoms with Crippen molar-refractivity contribution in [3.63, 3.8) is 0 Å². The molecule has 0 rings (SSSR count). The van der Waals surface area contributed by atoms with E-state index in [0.29, 0.717) is 5.78 Å². The molecule has 2 nitrogen and oxygen atoms in total. The van der Waals surface area contributed by atoms with Crippen molar-refractivity contribution in [1.82, 2.24) is 0 Å². The summed E-state index contributed by atoms with van der Waals surface area (Å²) in [5.74, 6) is 0.779. The molecule has 0 bridgehead atoms. The van der Waals surface area contributed by atoms with Crippen LogP contribution in [0.3, 0.4) is 0 Å². The smallest absolute Gasteiger partial charge is 0.135 e. The van der Waals surface area contributed by atoms with E-state index in [-0.39, 0.29) is 12.0 Å². The molecular formula is C34H68O2. The molecule has 0 amide bonds. The van der Waals surface area contributed by atoms with E-state index in [0.717, 1.165) is 38.5 Å². The van der Waals surface area contributed by atoms with Crippen molar-refractivity contribution in [2.45, 2.75) is 207 Å². The van der Waals surface area contributed by atoms with Crippen LogP contribution in [-0.2, 0) is 4.79 Å². The summed E-state index contributed by atoms with van der Waals surface area (Å²) >= 11 is 0. The highest BCUT2D eigenvalue weighted by atomic mass is 16.3. The predicted molar refractivity (Wildman–Crippen MR) is 161 cm³/mol. The Morgan fingerprint density at radius 2 is 0.778 bits per heavy atom. The minimum atomic E-state index is -0.0416. The molecule has 0 saturated carbocycles. The third-order valence-corrected chi connectivity index (χ3v) is 8.14. The molecule has 0 saturated heterocycles. The lowest BCUT2D eigenvalue weighted by molar-refractivity contribution is -0.122. The SMILES string of the molecule is CCCCCC(O)CCCCCCCCCCCCCCCCCCCCCC(C)C(=O)CCCC. The van der Waals surface area contributed by atoms with E-state index in [1.807, 2.05) is 0 Å². The number of Topliss-reactive ketones (excluding diaryl/α,β-unsaturated/α-hetero) is 1. The third-order valence-electron chi connectivity index (χ3n) is 8.14. The first kappa shape index (κ1) is 35.6. The number of ketones is 1. The summed E-state index contributed by atoms with van der Waals surface area (Å²) in [6.45, 7) is 6.52. The van der Waals surface area contributed by atoms with Crippen molar-refractivity contribution >= 4 is 5.78 Å². The Labute approximate surface area is 228 Å². The van der Waals surface area contributed by atoms with Gasteiger partial charge in [-0.25, -0.2) is 0 Å². The van der Waals surface area contributed by atoms with Gasteiger partial charge in [0, 0.05) is 12.3 Å². The van der Waals surface area contributed by atoms with Crippen molar-refractivity contribution in [2.75, 3.05) is 0 Å². The fourth-order valence-corrected chi connectivity index (χ4v) is 5.37. The van der Waals surface area contributed by atoms with E-state index in [9.17, 15) is 9.90 Å². The second kappa shape index (κ2) is 29.2. The molecule has 0 heterocycles. The van der Waals surface area contributed by atoms with Crippen LogP contribution in [0.2, 0.25) is 0 Å². The zero-order valence-corrected chi connectivity index (χ0v) is 25.3. The molecule has 0 aliphatic carbocycles. The summed E-state index contributed by atoms with van der Waals surface area (Å²) in [4.78, 5) is 12.0. The number of aliphatic hydroxyl groups is 1. The standard InChI is InChI=1S/C34H68O2/c1-4-6-25-29-33(35)30-27-24-22-20-18-16-14-12-10-8-9-11-13-15-17-19-21-23-26-28-32(3)34(36)31-7-5-2/h32-33,35H,4-31H2,1-3H3. The van der Waals surface area contributed by atoms with Crippen LogP contribution in [0.4, 0.5) is 0 Å². The van der Waals surface area contributed by atoms with E-state index in [1.165, 1.54) is 141 Å². The normalized spacial score (nSPS) is 13.2. The number of carbonyl (C=O) groups excluding carboxylic acids is 1. The Bertz CT molecular complexity index is 433. The number of unbranched alkanes of at least 4 members (excludes halogenated alkanes) is 21. The van der Waals surface area contributed by atoms with Gasteiger partial charge in [0.05, 0.1) is 6.10 Å². The Morgan fingerprint density at radius 1 is 0.472 bits per heavy atom. The fraction of sp³-hybridized carbons (Fsp3) is 0.971. The van der Waals surface area contributed by atoms with Gasteiger partial charge in [-0.1, -0.05) is 168 Å². The van der Waals surface area contributed by atoms with Gasteiger partial charge in [0.2, 0.25) is 0 Å². The van der Waals surface area contributed by atoms with Gasteiger partial charge in [-0.15, -0.1) is 0 Å². The highest BCUT2D eigenvalue weighted by Crippen LogP contribution is 2.17. The average molecular weight is 509 g/mol. The highest BCUT2D eigenvalue weighted by molar-refractivity contribution is 5.80. The van der Waals surface area contributed by atoms with Gasteiger partial charge in [0.15, 0.2) is 0 Å². The summed E-state index contributed by atoms with van der Waals surface area (Å²) in [5.41, 5.74) is 0. The van der Waals surface area contributed by atoms with E-state index in [2.05, 4.69) is 20.8 Å². The van der Waals surface area contributed by atoms with Gasteiger partial charge < -0.3 is 5.11 Å². The molecule has 0 fully saturated rings. The number of aliphatic hydroxyl groups excluding tert-OH is 1. The summed E-state index contributed by atoms with van der Waals surface area (Å²) in [7, 11) is 0. The Morgan fingerprint density at radius 3 is 1.14 bits per heavy atom. The van der Waals surface area contributed by atoms with E-state index >= 15 is 0 Å². The van der Waals surface area contributed by atoms with E-state index in [4.69, 9.17) is 0 Å². The van der Waals surface area contributed by atoms with Gasteiger partial charge in [-0.05, 0) is 25.7 Å². The second-order valence-corrected chi connectivity index (χ2v) is 11.9. The maximum atomic E-state index is 12.0. The summed E-state index contributed by atoms with van der Waals surface area (Å²) in [6.07, 6.45) is 36.1. The molecule has 2 unspecified atom stereocenters. The van der Waals surface area contributed by atoms with Gasteiger partial charge in [-0.2, -0.15) is 0 Å². The first-order valence-corrected chi connectivity index (χ1v) is 16.8. The Balaban J connectivity index is 3.17. The van der Waals surface area contributed by atoms with Crippen LogP contribution in [0.25, 0.3) is 0 Å². The monoisotopic (exact) mass is 509 g/mol. The third kappa shape index (κ3) is 26.7. The van der Waals surface area contributed by atoms with Crippen LogP contribution in [0.5, 0.6) is 0 Å². The van der Waals surface area contributed by atoms with Gasteiger partial charge in [-0.3, -0.25) is 4.79 Å². The zero-order valence-electron chi connectivity index (χ0n) is 25.3. The molecule has 0 aliphatic rings. The maximum Gasteiger partial charge on any atom is 0.135 e. The number of hydrogen-bond donors (Lipinski definition) is 1. The van der Waals surface area contributed by atoms with Crippen molar-refractivity contribution in [1.29, 1.82) is 0 Å². The second-order valence-electron chi connectivity index (χ2n) is 11.9. The van der Waals surface area contributed by atoms with Crippen LogP contribution in [0.1, 0.15) is 201 Å². The molecule has 0 spiro atoms. The summed E-state index contributed by atoms with van der Waals surface area (Å²) < 4.78 is 0. The van der Waals surface area contributed by atoms with E-state index in [1.54, 1.807) is 0 Å². The van der Waals surface area contributed by atoms with Crippen LogP contribution < -0.4 is 0 Å². The maximum absolute atomic E-state index is 12.0. The molecule has 2 heteroatoms. The molecule has 0 aliphatic heterocycles. The minimum Gasteiger partial charge on any atom is -0.393 e. The number of rotatable bonds is 30. The fourth-order valence-electron chi connectivity index (χ4n) is 5.37. The largest absolute Gasteiger partial charge is 0.393 e. The molecule has 2 atom stereocenters. The molecule has 0 radical (unpaired) electrons. The molecule has 0 aromatic carbocycles.